The SMILES string of the molecule is CCOC(=O)Cc1ccc(OC)c(-c2ccc(C(F)(F)F)cc2CSCC(F)(F)F)c1. The number of carbonyl (C=O) groups is 1. The lowest BCUT2D eigenvalue weighted by molar-refractivity contribution is -0.142. The molecule has 0 unspecified atom stereocenters. The Kier molecular flexibility index (Phi) is 8.27. The van der Waals surface area contributed by atoms with Gasteiger partial charge >= 0.3 is 18.3 Å². The van der Waals surface area contributed by atoms with Crippen LogP contribution in [0.2, 0.25) is 0 Å². The van der Waals surface area contributed by atoms with Gasteiger partial charge in [0.05, 0.1) is 31.5 Å². The van der Waals surface area contributed by atoms with E-state index in [0.717, 1.165) is 12.1 Å². The fourth-order valence-electron chi connectivity index (χ4n) is 2.88. The van der Waals surface area contributed by atoms with Gasteiger partial charge in [-0.2, -0.15) is 26.3 Å². The predicted molar refractivity (Wildman–Crippen MR) is 106 cm³/mol. The minimum absolute atomic E-state index is 0.0658. The van der Waals surface area contributed by atoms with Crippen molar-refractivity contribution in [2.75, 3.05) is 19.5 Å². The van der Waals surface area contributed by atoms with Gasteiger partial charge in [0.15, 0.2) is 0 Å². The van der Waals surface area contributed by atoms with Gasteiger partial charge in [-0.25, -0.2) is 0 Å². The number of hydrogen-bond donors (Lipinski definition) is 0. The monoisotopic (exact) mass is 466 g/mol. The highest BCUT2D eigenvalue weighted by atomic mass is 32.2. The molecule has 0 aliphatic heterocycles. The maximum Gasteiger partial charge on any atom is 0.416 e. The van der Waals surface area contributed by atoms with Crippen molar-refractivity contribution in [3.63, 3.8) is 0 Å². The van der Waals surface area contributed by atoms with Crippen LogP contribution in [-0.4, -0.2) is 31.6 Å². The Morgan fingerprint density at radius 2 is 1.71 bits per heavy atom. The summed E-state index contributed by atoms with van der Waals surface area (Å²) in [7, 11) is 1.37. The van der Waals surface area contributed by atoms with Crippen LogP contribution in [0.15, 0.2) is 36.4 Å². The number of hydrogen-bond acceptors (Lipinski definition) is 4. The molecule has 0 amide bonds. The van der Waals surface area contributed by atoms with Crippen molar-refractivity contribution in [3.8, 4) is 16.9 Å². The van der Waals surface area contributed by atoms with Crippen LogP contribution in [0.5, 0.6) is 5.75 Å². The third-order valence-corrected chi connectivity index (χ3v) is 5.21. The number of benzene rings is 2. The Balaban J connectivity index is 2.50. The third-order valence-electron chi connectivity index (χ3n) is 4.16. The van der Waals surface area contributed by atoms with Crippen molar-refractivity contribution >= 4 is 17.7 Å². The van der Waals surface area contributed by atoms with Crippen LogP contribution in [0.1, 0.15) is 23.6 Å². The summed E-state index contributed by atoms with van der Waals surface area (Å²) >= 11 is 0.469. The molecule has 2 aromatic carbocycles. The van der Waals surface area contributed by atoms with Gasteiger partial charge in [0.1, 0.15) is 5.75 Å². The van der Waals surface area contributed by atoms with E-state index in [1.165, 1.54) is 13.2 Å². The Bertz CT molecular complexity index is 909. The molecule has 0 heterocycles. The maximum atomic E-state index is 13.2. The summed E-state index contributed by atoms with van der Waals surface area (Å²) in [6, 6.07) is 7.64. The van der Waals surface area contributed by atoms with E-state index < -0.39 is 29.6 Å². The van der Waals surface area contributed by atoms with Crippen LogP contribution in [-0.2, 0) is 27.9 Å². The summed E-state index contributed by atoms with van der Waals surface area (Å²) in [6.45, 7) is 1.85. The average Bonchev–Trinajstić information content (AvgIpc) is 2.66. The van der Waals surface area contributed by atoms with Crippen LogP contribution >= 0.6 is 11.8 Å². The molecule has 0 aliphatic rings. The molecule has 0 spiro atoms. The van der Waals surface area contributed by atoms with E-state index in [9.17, 15) is 31.1 Å². The predicted octanol–water partition coefficient (Wildman–Crippen LogP) is 6.28. The zero-order chi connectivity index (χ0) is 23.2. The molecule has 0 fully saturated rings. The summed E-state index contributed by atoms with van der Waals surface area (Å²) in [4.78, 5) is 11.8. The van der Waals surface area contributed by atoms with Gasteiger partial charge in [-0.1, -0.05) is 12.1 Å². The number of rotatable bonds is 8. The molecule has 0 saturated heterocycles. The lowest BCUT2D eigenvalue weighted by Crippen LogP contribution is -2.11. The van der Waals surface area contributed by atoms with Gasteiger partial charge in [-0.05, 0) is 47.9 Å². The van der Waals surface area contributed by atoms with Gasteiger partial charge in [0.2, 0.25) is 0 Å². The first kappa shape index (κ1) is 24.9. The molecule has 170 valence electrons. The van der Waals surface area contributed by atoms with Gasteiger partial charge < -0.3 is 9.47 Å². The molecule has 0 aromatic heterocycles. The molecular weight excluding hydrogens is 446 g/mol. The molecule has 2 aromatic rings. The highest BCUT2D eigenvalue weighted by Crippen LogP contribution is 2.39. The molecule has 0 atom stereocenters. The largest absolute Gasteiger partial charge is 0.496 e. The first-order valence-electron chi connectivity index (χ1n) is 9.12. The minimum atomic E-state index is -4.64. The number of carbonyl (C=O) groups excluding carboxylic acids is 1. The molecule has 0 saturated carbocycles. The summed E-state index contributed by atoms with van der Waals surface area (Å²) in [5, 5.41) is 0. The number of thioether (sulfide) groups is 1. The van der Waals surface area contributed by atoms with Crippen LogP contribution in [0, 0.1) is 0 Å². The van der Waals surface area contributed by atoms with Gasteiger partial charge in [-0.3, -0.25) is 4.79 Å². The highest BCUT2D eigenvalue weighted by Gasteiger charge is 2.32. The lowest BCUT2D eigenvalue weighted by atomic mass is 9.95. The first-order valence-corrected chi connectivity index (χ1v) is 10.3. The number of halogens is 6. The zero-order valence-corrected chi connectivity index (χ0v) is 17.5. The summed E-state index contributed by atoms with van der Waals surface area (Å²) in [6.07, 6.45) is -9.15. The molecule has 0 bridgehead atoms. The second-order valence-electron chi connectivity index (χ2n) is 6.49. The van der Waals surface area contributed by atoms with E-state index in [2.05, 4.69) is 0 Å². The van der Waals surface area contributed by atoms with Gasteiger partial charge in [0.25, 0.3) is 0 Å². The van der Waals surface area contributed by atoms with Crippen molar-refractivity contribution in [2.24, 2.45) is 0 Å². The quantitative estimate of drug-likeness (QED) is 0.339. The average molecular weight is 466 g/mol. The Morgan fingerprint density at radius 3 is 2.29 bits per heavy atom. The summed E-state index contributed by atoms with van der Waals surface area (Å²) < 4.78 is 87.4. The maximum absolute atomic E-state index is 13.2. The van der Waals surface area contributed by atoms with Crippen LogP contribution in [0.4, 0.5) is 26.3 Å². The van der Waals surface area contributed by atoms with Crippen molar-refractivity contribution in [1.82, 2.24) is 0 Å². The van der Waals surface area contributed by atoms with Crippen LogP contribution in [0.3, 0.4) is 0 Å². The highest BCUT2D eigenvalue weighted by molar-refractivity contribution is 7.98. The molecule has 3 nitrogen and oxygen atoms in total. The van der Waals surface area contributed by atoms with E-state index in [1.807, 2.05) is 0 Å². The normalized spacial score (nSPS) is 12.0. The van der Waals surface area contributed by atoms with Crippen molar-refractivity contribution in [2.45, 2.75) is 31.5 Å². The van der Waals surface area contributed by atoms with E-state index in [0.29, 0.717) is 34.2 Å². The second kappa shape index (κ2) is 10.3. The molecule has 0 radical (unpaired) electrons. The van der Waals surface area contributed by atoms with Crippen molar-refractivity contribution in [1.29, 1.82) is 0 Å². The number of alkyl halides is 6. The van der Waals surface area contributed by atoms with Gasteiger partial charge in [-0.15, -0.1) is 11.8 Å². The smallest absolute Gasteiger partial charge is 0.416 e. The zero-order valence-electron chi connectivity index (χ0n) is 16.7. The van der Waals surface area contributed by atoms with Crippen LogP contribution in [0.25, 0.3) is 11.1 Å². The topological polar surface area (TPSA) is 35.5 Å². The molecule has 10 heteroatoms. The van der Waals surface area contributed by atoms with E-state index in [-0.39, 0.29) is 24.3 Å². The van der Waals surface area contributed by atoms with Crippen LogP contribution < -0.4 is 4.74 Å². The molecular formula is C21H20F6O3S. The Labute approximate surface area is 179 Å². The molecule has 0 aliphatic carbocycles. The lowest BCUT2D eigenvalue weighted by Gasteiger charge is -2.17. The standard InChI is InChI=1S/C21H20F6O3S/c1-3-30-19(28)9-13-4-7-18(29-2)17(8-13)16-6-5-15(21(25,26)27)10-14(16)11-31-12-20(22,23)24/h4-8,10H,3,9,11-12H2,1-2H3. The van der Waals surface area contributed by atoms with E-state index in [4.69, 9.17) is 9.47 Å². The Hall–Kier alpha value is -2.36. The number of esters is 1. The third kappa shape index (κ3) is 7.37. The number of ether oxygens (including phenoxy) is 2. The van der Waals surface area contributed by atoms with E-state index in [1.54, 1.807) is 25.1 Å². The molecule has 0 N–H and O–H groups in total. The first-order chi connectivity index (χ1) is 14.4. The van der Waals surface area contributed by atoms with E-state index >= 15 is 0 Å². The summed E-state index contributed by atoms with van der Waals surface area (Å²) in [5.41, 5.74) is 0.324. The van der Waals surface area contributed by atoms with Gasteiger partial charge in [0, 0.05) is 11.3 Å². The molecule has 31 heavy (non-hydrogen) atoms. The minimum Gasteiger partial charge on any atom is -0.496 e. The fourth-order valence-corrected chi connectivity index (χ4v) is 3.68. The second-order valence-corrected chi connectivity index (χ2v) is 7.48. The van der Waals surface area contributed by atoms with Crippen molar-refractivity contribution in [3.05, 3.63) is 53.1 Å². The number of methoxy groups -OCH3 is 1. The fraction of sp³-hybridized carbons (Fsp3) is 0.381. The van der Waals surface area contributed by atoms with Crippen molar-refractivity contribution < 1.29 is 40.6 Å². The molecule has 2 rings (SSSR count). The summed E-state index contributed by atoms with van der Waals surface area (Å²) in [5.74, 6) is -1.64. The Morgan fingerprint density at radius 1 is 1.00 bits per heavy atom.